The molecule has 6 nitrogen and oxygen atoms in total. The zero-order chi connectivity index (χ0) is 20.6. The van der Waals surface area contributed by atoms with Gasteiger partial charge in [0.25, 0.3) is 5.91 Å². The number of amides is 1. The molecule has 0 aliphatic rings. The molecule has 3 rings (SSSR count). The number of nitrogens with zero attached hydrogens (tertiary/aromatic N) is 1. The number of thioether (sulfide) groups is 1. The van der Waals surface area contributed by atoms with Crippen LogP contribution >= 0.6 is 23.4 Å². The number of para-hydroxylation sites is 2. The molecule has 0 spiro atoms. The summed E-state index contributed by atoms with van der Waals surface area (Å²) < 4.78 is 5.51. The van der Waals surface area contributed by atoms with Crippen LogP contribution in [0.15, 0.2) is 53.7 Å². The topological polar surface area (TPSA) is 84.1 Å². The van der Waals surface area contributed by atoms with Gasteiger partial charge in [-0.25, -0.2) is 4.98 Å². The number of nitrogens with one attached hydrogen (secondary N) is 2. The number of imidazole rings is 1. The molecule has 29 heavy (non-hydrogen) atoms. The van der Waals surface area contributed by atoms with Gasteiger partial charge in [0.2, 0.25) is 6.10 Å². The van der Waals surface area contributed by atoms with Crippen LogP contribution in [-0.2, 0) is 14.3 Å². The first kappa shape index (κ1) is 21.2. The number of aromatic nitrogens is 2. The van der Waals surface area contributed by atoms with Gasteiger partial charge < -0.3 is 15.0 Å². The largest absolute Gasteiger partial charge is 0.447 e. The van der Waals surface area contributed by atoms with Crippen LogP contribution in [0.5, 0.6) is 0 Å². The average molecular weight is 432 g/mol. The highest BCUT2D eigenvalue weighted by molar-refractivity contribution is 7.99. The summed E-state index contributed by atoms with van der Waals surface area (Å²) in [5.74, 6) is -0.810. The third kappa shape index (κ3) is 5.98. The van der Waals surface area contributed by atoms with Gasteiger partial charge in [-0.1, -0.05) is 61.0 Å². The number of ether oxygens (including phenoxy) is 1. The van der Waals surface area contributed by atoms with Gasteiger partial charge in [0.05, 0.1) is 16.8 Å². The van der Waals surface area contributed by atoms with E-state index in [0.29, 0.717) is 22.3 Å². The van der Waals surface area contributed by atoms with E-state index in [1.807, 2.05) is 31.2 Å². The van der Waals surface area contributed by atoms with Gasteiger partial charge in [-0.05, 0) is 30.7 Å². The number of fused-ring (bicyclic) bond motifs is 1. The Morgan fingerprint density at radius 2 is 1.97 bits per heavy atom. The molecule has 1 unspecified atom stereocenters. The van der Waals surface area contributed by atoms with Crippen molar-refractivity contribution in [3.05, 3.63) is 59.1 Å². The molecule has 1 heterocycles. The van der Waals surface area contributed by atoms with E-state index in [0.717, 1.165) is 23.9 Å². The maximum atomic E-state index is 12.6. The number of hydrogen-bond donors (Lipinski definition) is 2. The van der Waals surface area contributed by atoms with Crippen molar-refractivity contribution >= 4 is 46.3 Å². The Morgan fingerprint density at radius 3 is 2.69 bits per heavy atom. The molecule has 0 saturated carbocycles. The Hall–Kier alpha value is -2.51. The van der Waals surface area contributed by atoms with Crippen LogP contribution in [0.3, 0.4) is 0 Å². The number of esters is 1. The van der Waals surface area contributed by atoms with Crippen molar-refractivity contribution in [2.45, 2.75) is 31.0 Å². The zero-order valence-corrected chi connectivity index (χ0v) is 17.6. The van der Waals surface area contributed by atoms with Crippen LogP contribution in [0.4, 0.5) is 0 Å². The number of H-pyrrole nitrogens is 1. The predicted octanol–water partition coefficient (Wildman–Crippen LogP) is 4.51. The van der Waals surface area contributed by atoms with Crippen LogP contribution in [0.25, 0.3) is 11.0 Å². The van der Waals surface area contributed by atoms with Crippen LogP contribution in [0, 0.1) is 0 Å². The van der Waals surface area contributed by atoms with E-state index < -0.39 is 12.1 Å². The Bertz CT molecular complexity index is 942. The lowest BCUT2D eigenvalue weighted by Crippen LogP contribution is -2.33. The third-order valence-electron chi connectivity index (χ3n) is 4.18. The molecule has 0 radical (unpaired) electrons. The molecule has 3 aromatic rings. The predicted molar refractivity (Wildman–Crippen MR) is 115 cm³/mol. The lowest BCUT2D eigenvalue weighted by atomic mass is 10.1. The quantitative estimate of drug-likeness (QED) is 0.296. The fraction of sp³-hybridized carbons (Fsp3) is 0.286. The Balaban J connectivity index is 1.64. The fourth-order valence-corrected chi connectivity index (χ4v) is 3.48. The molecule has 0 fully saturated rings. The van der Waals surface area contributed by atoms with E-state index >= 15 is 0 Å². The van der Waals surface area contributed by atoms with E-state index in [1.54, 1.807) is 24.3 Å². The first-order valence-corrected chi connectivity index (χ1v) is 10.7. The van der Waals surface area contributed by atoms with Gasteiger partial charge in [0, 0.05) is 17.1 Å². The molecule has 1 aromatic heterocycles. The Morgan fingerprint density at radius 1 is 1.21 bits per heavy atom. The molecule has 8 heteroatoms. The van der Waals surface area contributed by atoms with E-state index in [4.69, 9.17) is 16.3 Å². The summed E-state index contributed by atoms with van der Waals surface area (Å²) in [7, 11) is 0. The molecule has 2 aromatic carbocycles. The monoisotopic (exact) mass is 431 g/mol. The van der Waals surface area contributed by atoms with Crippen LogP contribution < -0.4 is 5.32 Å². The average Bonchev–Trinajstić information content (AvgIpc) is 3.14. The summed E-state index contributed by atoms with van der Waals surface area (Å²) in [5, 5.41) is 3.99. The summed E-state index contributed by atoms with van der Waals surface area (Å²) in [6, 6.07) is 14.3. The molecule has 1 amide bonds. The van der Waals surface area contributed by atoms with E-state index in [1.165, 1.54) is 11.8 Å². The summed E-state index contributed by atoms with van der Waals surface area (Å²) in [6.45, 7) is 2.57. The number of carbonyl (C=O) groups excluding carboxylic acids is 2. The molecule has 152 valence electrons. The number of carbonyl (C=O) groups is 2. The maximum absolute atomic E-state index is 12.6. The zero-order valence-electron chi connectivity index (χ0n) is 16.0. The highest BCUT2D eigenvalue weighted by Gasteiger charge is 2.25. The number of hydrogen-bond acceptors (Lipinski definition) is 5. The molecular weight excluding hydrogens is 410 g/mol. The minimum atomic E-state index is -1.02. The second-order valence-corrected chi connectivity index (χ2v) is 7.81. The van der Waals surface area contributed by atoms with Gasteiger partial charge >= 0.3 is 5.97 Å². The summed E-state index contributed by atoms with van der Waals surface area (Å²) >= 11 is 7.17. The summed E-state index contributed by atoms with van der Waals surface area (Å²) in [4.78, 5) is 32.6. The lowest BCUT2D eigenvalue weighted by Gasteiger charge is -2.18. The molecule has 2 N–H and O–H groups in total. The summed E-state index contributed by atoms with van der Waals surface area (Å²) in [6.07, 6.45) is 0.794. The maximum Gasteiger partial charge on any atom is 0.317 e. The van der Waals surface area contributed by atoms with Crippen LogP contribution in [-0.4, -0.2) is 34.1 Å². The van der Waals surface area contributed by atoms with E-state index in [-0.39, 0.29) is 11.7 Å². The second kappa shape index (κ2) is 10.3. The molecule has 1 atom stereocenters. The minimum absolute atomic E-state index is 0.0339. The SMILES string of the molecule is CCCCNC(=O)C(OC(=O)CSc1nc2ccccc2[nH]1)c1ccc(Cl)cc1. The standard InChI is InChI=1S/C21H22ClN3O3S/c1-2-3-12-23-20(27)19(14-8-10-15(22)11-9-14)28-18(26)13-29-21-24-16-6-4-5-7-17(16)25-21/h4-11,19H,2-3,12-13H2,1H3,(H,23,27)(H,24,25). The Labute approximate surface area is 178 Å². The first-order chi connectivity index (χ1) is 14.1. The van der Waals surface area contributed by atoms with Crippen molar-refractivity contribution in [3.63, 3.8) is 0 Å². The van der Waals surface area contributed by atoms with Crippen molar-refractivity contribution in [1.29, 1.82) is 0 Å². The molecule has 0 bridgehead atoms. The third-order valence-corrected chi connectivity index (χ3v) is 5.28. The van der Waals surface area contributed by atoms with Crippen molar-refractivity contribution < 1.29 is 14.3 Å². The lowest BCUT2D eigenvalue weighted by molar-refractivity contribution is -0.154. The number of rotatable bonds is 9. The fourth-order valence-electron chi connectivity index (χ4n) is 2.68. The normalized spacial score (nSPS) is 11.9. The van der Waals surface area contributed by atoms with Crippen LogP contribution in [0.2, 0.25) is 5.02 Å². The Kier molecular flexibility index (Phi) is 7.55. The molecular formula is C21H22ClN3O3S. The molecule has 0 aliphatic carbocycles. The van der Waals surface area contributed by atoms with Gasteiger partial charge in [0.1, 0.15) is 0 Å². The molecule has 0 aliphatic heterocycles. The first-order valence-electron chi connectivity index (χ1n) is 9.37. The number of benzene rings is 2. The smallest absolute Gasteiger partial charge is 0.317 e. The van der Waals surface area contributed by atoms with Crippen molar-refractivity contribution in [2.75, 3.05) is 12.3 Å². The van der Waals surface area contributed by atoms with E-state index in [2.05, 4.69) is 15.3 Å². The number of halogens is 1. The minimum Gasteiger partial charge on any atom is -0.447 e. The van der Waals surface area contributed by atoms with Crippen molar-refractivity contribution in [3.8, 4) is 0 Å². The highest BCUT2D eigenvalue weighted by Crippen LogP contribution is 2.23. The summed E-state index contributed by atoms with van der Waals surface area (Å²) in [5.41, 5.74) is 2.31. The van der Waals surface area contributed by atoms with Crippen molar-refractivity contribution in [2.24, 2.45) is 0 Å². The second-order valence-electron chi connectivity index (χ2n) is 6.41. The van der Waals surface area contributed by atoms with Gasteiger partial charge in [-0.15, -0.1) is 0 Å². The van der Waals surface area contributed by atoms with Gasteiger partial charge in [-0.2, -0.15) is 0 Å². The van der Waals surface area contributed by atoms with Crippen LogP contribution in [0.1, 0.15) is 31.4 Å². The van der Waals surface area contributed by atoms with Gasteiger partial charge in [-0.3, -0.25) is 9.59 Å². The number of unbranched alkanes of at least 4 members (excludes halogenated alkanes) is 1. The van der Waals surface area contributed by atoms with Crippen molar-refractivity contribution in [1.82, 2.24) is 15.3 Å². The number of aromatic amines is 1. The van der Waals surface area contributed by atoms with Gasteiger partial charge in [0.15, 0.2) is 5.16 Å². The highest BCUT2D eigenvalue weighted by atomic mass is 35.5. The molecule has 0 saturated heterocycles. The van der Waals surface area contributed by atoms with E-state index in [9.17, 15) is 9.59 Å².